The molecule has 0 N–H and O–H groups in total. The number of esters is 2. The minimum Gasteiger partial charge on any atom is -0.497 e. The Balaban J connectivity index is 2.81. The summed E-state index contributed by atoms with van der Waals surface area (Å²) in [5, 5.41) is 0. The molecule has 0 aliphatic rings. The van der Waals surface area contributed by atoms with E-state index in [1.807, 2.05) is 12.1 Å². The SMILES string of the molecule is COc1ccc([C@H](C[C@H](C)OC(C)=O)OC(C)=O)cc1. The molecule has 0 fully saturated rings. The highest BCUT2D eigenvalue weighted by atomic mass is 16.6. The van der Waals surface area contributed by atoms with Gasteiger partial charge in [-0.1, -0.05) is 12.1 Å². The average Bonchev–Trinajstić information content (AvgIpc) is 2.36. The summed E-state index contributed by atoms with van der Waals surface area (Å²) in [7, 11) is 1.58. The van der Waals surface area contributed by atoms with Gasteiger partial charge in [-0.2, -0.15) is 0 Å². The summed E-state index contributed by atoms with van der Waals surface area (Å²) in [6.45, 7) is 4.47. The Labute approximate surface area is 118 Å². The van der Waals surface area contributed by atoms with Crippen molar-refractivity contribution in [2.24, 2.45) is 0 Å². The Kier molecular flexibility index (Phi) is 6.03. The number of carbonyl (C=O) groups is 2. The second-order valence-electron chi connectivity index (χ2n) is 4.53. The molecule has 5 heteroatoms. The summed E-state index contributed by atoms with van der Waals surface area (Å²) < 4.78 is 15.5. The molecule has 0 saturated carbocycles. The van der Waals surface area contributed by atoms with E-state index < -0.39 is 6.10 Å². The third-order valence-electron chi connectivity index (χ3n) is 2.71. The fraction of sp³-hybridized carbons (Fsp3) is 0.467. The van der Waals surface area contributed by atoms with Gasteiger partial charge >= 0.3 is 11.9 Å². The smallest absolute Gasteiger partial charge is 0.303 e. The first-order chi connectivity index (χ1) is 9.42. The molecular weight excluding hydrogens is 260 g/mol. The Morgan fingerprint density at radius 1 is 1.05 bits per heavy atom. The first-order valence-electron chi connectivity index (χ1n) is 6.40. The van der Waals surface area contributed by atoms with Gasteiger partial charge in [0.2, 0.25) is 0 Å². The standard InChI is InChI=1S/C15H20O5/c1-10(19-11(2)16)9-15(20-12(3)17)13-5-7-14(18-4)8-6-13/h5-8,10,15H,9H2,1-4H3/t10-,15-/m0/s1. The summed E-state index contributed by atoms with van der Waals surface area (Å²) in [4.78, 5) is 22.1. The van der Waals surface area contributed by atoms with E-state index in [-0.39, 0.29) is 18.0 Å². The van der Waals surface area contributed by atoms with E-state index in [9.17, 15) is 9.59 Å². The largest absolute Gasteiger partial charge is 0.497 e. The zero-order valence-electron chi connectivity index (χ0n) is 12.2. The average molecular weight is 280 g/mol. The van der Waals surface area contributed by atoms with E-state index >= 15 is 0 Å². The molecule has 0 spiro atoms. The van der Waals surface area contributed by atoms with Crippen molar-refractivity contribution in [1.82, 2.24) is 0 Å². The van der Waals surface area contributed by atoms with Gasteiger partial charge in [0, 0.05) is 20.3 Å². The number of rotatable bonds is 6. The quantitative estimate of drug-likeness (QED) is 0.750. The van der Waals surface area contributed by atoms with Gasteiger partial charge in [0.15, 0.2) is 0 Å². The molecule has 1 aromatic rings. The number of benzene rings is 1. The van der Waals surface area contributed by atoms with Crippen LogP contribution in [0.5, 0.6) is 5.75 Å². The Morgan fingerprint density at radius 3 is 2.05 bits per heavy atom. The van der Waals surface area contributed by atoms with E-state index in [1.165, 1.54) is 13.8 Å². The maximum absolute atomic E-state index is 11.2. The zero-order chi connectivity index (χ0) is 15.1. The second-order valence-corrected chi connectivity index (χ2v) is 4.53. The van der Waals surface area contributed by atoms with E-state index in [2.05, 4.69) is 0 Å². The van der Waals surface area contributed by atoms with E-state index in [0.717, 1.165) is 11.3 Å². The van der Waals surface area contributed by atoms with Crippen molar-refractivity contribution in [1.29, 1.82) is 0 Å². The van der Waals surface area contributed by atoms with Crippen LogP contribution in [0.15, 0.2) is 24.3 Å². The molecule has 1 aromatic carbocycles. The third kappa shape index (κ3) is 5.30. The molecule has 0 bridgehead atoms. The zero-order valence-corrected chi connectivity index (χ0v) is 12.2. The van der Waals surface area contributed by atoms with Gasteiger partial charge in [0.25, 0.3) is 0 Å². The van der Waals surface area contributed by atoms with Crippen LogP contribution >= 0.6 is 0 Å². The highest BCUT2D eigenvalue weighted by molar-refractivity contribution is 5.66. The van der Waals surface area contributed by atoms with Crippen LogP contribution in [0.4, 0.5) is 0 Å². The lowest BCUT2D eigenvalue weighted by molar-refractivity contribution is -0.152. The molecule has 5 nitrogen and oxygen atoms in total. The predicted molar refractivity (Wildman–Crippen MR) is 73.3 cm³/mol. The number of ether oxygens (including phenoxy) is 3. The van der Waals surface area contributed by atoms with Crippen molar-refractivity contribution in [2.45, 2.75) is 39.4 Å². The molecule has 0 unspecified atom stereocenters. The normalized spacial score (nSPS) is 13.2. The van der Waals surface area contributed by atoms with Crippen molar-refractivity contribution in [2.75, 3.05) is 7.11 Å². The number of methoxy groups -OCH3 is 1. The van der Waals surface area contributed by atoms with Crippen molar-refractivity contribution in [3.63, 3.8) is 0 Å². The molecule has 0 saturated heterocycles. The number of carbonyl (C=O) groups excluding carboxylic acids is 2. The van der Waals surface area contributed by atoms with Gasteiger partial charge in [-0.05, 0) is 24.6 Å². The fourth-order valence-electron chi connectivity index (χ4n) is 1.90. The molecule has 2 atom stereocenters. The minimum absolute atomic E-state index is 0.334. The summed E-state index contributed by atoms with van der Waals surface area (Å²) in [6, 6.07) is 7.24. The summed E-state index contributed by atoms with van der Waals surface area (Å²) >= 11 is 0. The van der Waals surface area contributed by atoms with Crippen molar-refractivity contribution in [3.8, 4) is 5.75 Å². The molecule has 0 heterocycles. The minimum atomic E-state index is -0.451. The van der Waals surface area contributed by atoms with Gasteiger partial charge in [0.1, 0.15) is 18.0 Å². The highest BCUT2D eigenvalue weighted by Crippen LogP contribution is 2.26. The molecule has 0 radical (unpaired) electrons. The first-order valence-corrected chi connectivity index (χ1v) is 6.40. The molecule has 0 aromatic heterocycles. The predicted octanol–water partition coefficient (Wildman–Crippen LogP) is 2.64. The van der Waals surface area contributed by atoms with E-state index in [1.54, 1.807) is 26.2 Å². The van der Waals surface area contributed by atoms with Crippen LogP contribution in [0, 0.1) is 0 Å². The number of hydrogen-bond donors (Lipinski definition) is 0. The Bertz CT molecular complexity index is 452. The van der Waals surface area contributed by atoms with Gasteiger partial charge in [0.05, 0.1) is 7.11 Å². The Hall–Kier alpha value is -2.04. The van der Waals surface area contributed by atoms with Crippen LogP contribution in [0.3, 0.4) is 0 Å². The number of hydrogen-bond acceptors (Lipinski definition) is 5. The summed E-state index contributed by atoms with van der Waals surface area (Å²) in [5.74, 6) is -0.00184. The lowest BCUT2D eigenvalue weighted by Gasteiger charge is -2.21. The van der Waals surface area contributed by atoms with E-state index in [4.69, 9.17) is 14.2 Å². The summed E-state index contributed by atoms with van der Waals surface area (Å²) in [5.41, 5.74) is 0.833. The monoisotopic (exact) mass is 280 g/mol. The van der Waals surface area contributed by atoms with Gasteiger partial charge < -0.3 is 14.2 Å². The summed E-state index contributed by atoms with van der Waals surface area (Å²) in [6.07, 6.45) is -0.377. The van der Waals surface area contributed by atoms with Crippen molar-refractivity contribution in [3.05, 3.63) is 29.8 Å². The second kappa shape index (κ2) is 7.53. The lowest BCUT2D eigenvalue weighted by Crippen LogP contribution is -2.19. The molecule has 0 aliphatic heterocycles. The third-order valence-corrected chi connectivity index (χ3v) is 2.71. The fourth-order valence-corrected chi connectivity index (χ4v) is 1.90. The molecule has 0 aliphatic carbocycles. The van der Waals surface area contributed by atoms with Crippen LogP contribution in [0.2, 0.25) is 0 Å². The lowest BCUT2D eigenvalue weighted by atomic mass is 10.0. The maximum atomic E-state index is 11.2. The molecule has 110 valence electrons. The van der Waals surface area contributed by atoms with Crippen molar-refractivity contribution < 1.29 is 23.8 Å². The van der Waals surface area contributed by atoms with Gasteiger partial charge in [-0.25, -0.2) is 0 Å². The van der Waals surface area contributed by atoms with E-state index in [0.29, 0.717) is 6.42 Å². The molecule has 0 amide bonds. The topological polar surface area (TPSA) is 61.8 Å². The van der Waals surface area contributed by atoms with Crippen LogP contribution in [0.1, 0.15) is 38.9 Å². The molecule has 20 heavy (non-hydrogen) atoms. The highest BCUT2D eigenvalue weighted by Gasteiger charge is 2.20. The maximum Gasteiger partial charge on any atom is 0.303 e. The first kappa shape index (κ1) is 16.0. The molecule has 1 rings (SSSR count). The van der Waals surface area contributed by atoms with Crippen LogP contribution in [-0.2, 0) is 19.1 Å². The van der Waals surface area contributed by atoms with Crippen LogP contribution < -0.4 is 4.74 Å². The van der Waals surface area contributed by atoms with Crippen LogP contribution in [-0.4, -0.2) is 25.2 Å². The Morgan fingerprint density at radius 2 is 1.60 bits per heavy atom. The van der Waals surface area contributed by atoms with Gasteiger partial charge in [-0.15, -0.1) is 0 Å². The van der Waals surface area contributed by atoms with Gasteiger partial charge in [-0.3, -0.25) is 9.59 Å². The molecular formula is C15H20O5. The van der Waals surface area contributed by atoms with Crippen molar-refractivity contribution >= 4 is 11.9 Å². The van der Waals surface area contributed by atoms with Crippen LogP contribution in [0.25, 0.3) is 0 Å².